The van der Waals surface area contributed by atoms with Gasteiger partial charge in [-0.2, -0.15) is 0 Å². The summed E-state index contributed by atoms with van der Waals surface area (Å²) in [7, 11) is 0. The van der Waals surface area contributed by atoms with Gasteiger partial charge in [0, 0.05) is 10.8 Å². The number of hydrogen-bond acceptors (Lipinski definition) is 5. The van der Waals surface area contributed by atoms with Gasteiger partial charge in [-0.15, -0.1) is 0 Å². The molecule has 0 heterocycles. The predicted molar refractivity (Wildman–Crippen MR) is 79.8 cm³/mol. The quantitative estimate of drug-likeness (QED) is 0.691. The summed E-state index contributed by atoms with van der Waals surface area (Å²) in [6.07, 6.45) is 0. The molecule has 2 aromatic carbocycles. The monoisotopic (exact) mass is 292 g/mol. The van der Waals surface area contributed by atoms with Crippen LogP contribution in [0.5, 0.6) is 11.5 Å². The largest absolute Gasteiger partial charge is 0.507 e. The number of benzene rings is 2. The summed E-state index contributed by atoms with van der Waals surface area (Å²) in [6, 6.07) is 10.9. The number of aliphatic hydroxyl groups is 1. The molecule has 0 amide bonds. The van der Waals surface area contributed by atoms with E-state index in [2.05, 4.69) is 0 Å². The van der Waals surface area contributed by atoms with Crippen molar-refractivity contribution in [1.29, 1.82) is 0 Å². The lowest BCUT2D eigenvalue weighted by Crippen LogP contribution is -2.12. The van der Waals surface area contributed by atoms with Gasteiger partial charge in [0.05, 0.1) is 33.0 Å². The Morgan fingerprint density at radius 1 is 0.762 bits per heavy atom. The Labute approximate surface area is 123 Å². The highest BCUT2D eigenvalue weighted by Gasteiger charge is 2.05. The van der Waals surface area contributed by atoms with Crippen molar-refractivity contribution in [3.05, 3.63) is 36.4 Å². The van der Waals surface area contributed by atoms with Gasteiger partial charge in [0.15, 0.2) is 0 Å². The molecular formula is C16H20O5. The lowest BCUT2D eigenvalue weighted by Gasteiger charge is -2.10. The van der Waals surface area contributed by atoms with Crippen LogP contribution < -0.4 is 4.74 Å². The van der Waals surface area contributed by atoms with E-state index < -0.39 is 0 Å². The molecule has 0 aliphatic carbocycles. The first kappa shape index (κ1) is 15.6. The molecule has 0 spiro atoms. The molecule has 114 valence electrons. The van der Waals surface area contributed by atoms with Crippen LogP contribution in [0.15, 0.2) is 36.4 Å². The van der Waals surface area contributed by atoms with E-state index >= 15 is 0 Å². The fourth-order valence-corrected chi connectivity index (χ4v) is 1.98. The maximum Gasteiger partial charge on any atom is 0.127 e. The zero-order chi connectivity index (χ0) is 14.9. The first-order valence-electron chi connectivity index (χ1n) is 6.93. The second-order valence-corrected chi connectivity index (χ2v) is 4.43. The number of hydrogen-bond donors (Lipinski definition) is 2. The zero-order valence-electron chi connectivity index (χ0n) is 11.8. The van der Waals surface area contributed by atoms with E-state index in [4.69, 9.17) is 19.3 Å². The topological polar surface area (TPSA) is 68.2 Å². The fourth-order valence-electron chi connectivity index (χ4n) is 1.98. The highest BCUT2D eigenvalue weighted by Crippen LogP contribution is 2.31. The van der Waals surface area contributed by atoms with E-state index in [-0.39, 0.29) is 12.4 Å². The number of phenolic OH excluding ortho intramolecular Hbond substituents is 1. The smallest absolute Gasteiger partial charge is 0.127 e. The van der Waals surface area contributed by atoms with Gasteiger partial charge in [-0.05, 0) is 12.1 Å². The van der Waals surface area contributed by atoms with Crippen LogP contribution in [0, 0.1) is 0 Å². The molecular weight excluding hydrogens is 272 g/mol. The molecule has 2 aromatic rings. The molecule has 0 aromatic heterocycles. The van der Waals surface area contributed by atoms with Crippen molar-refractivity contribution >= 4 is 10.8 Å². The minimum atomic E-state index is 0.0248. The van der Waals surface area contributed by atoms with Gasteiger partial charge >= 0.3 is 0 Å². The van der Waals surface area contributed by atoms with Crippen LogP contribution >= 0.6 is 0 Å². The summed E-state index contributed by atoms with van der Waals surface area (Å²) in [6.45, 7) is 2.17. The third-order valence-corrected chi connectivity index (χ3v) is 2.95. The number of aliphatic hydroxyl groups excluding tert-OH is 1. The van der Waals surface area contributed by atoms with Gasteiger partial charge in [0.2, 0.25) is 0 Å². The molecule has 0 saturated carbocycles. The normalized spacial score (nSPS) is 10.9. The van der Waals surface area contributed by atoms with Crippen LogP contribution in [0.4, 0.5) is 0 Å². The molecule has 5 heteroatoms. The molecule has 0 bridgehead atoms. The van der Waals surface area contributed by atoms with Gasteiger partial charge in [-0.25, -0.2) is 0 Å². The Morgan fingerprint density at radius 2 is 1.43 bits per heavy atom. The minimum absolute atomic E-state index is 0.0248. The standard InChI is InChI=1S/C16H20O5/c17-7-8-19-9-10-20-11-12-21-16-6-5-15(18)13-3-1-2-4-14(13)16/h1-6,17-18H,7-12H2. The molecule has 0 aliphatic heterocycles. The highest BCUT2D eigenvalue weighted by atomic mass is 16.5. The molecule has 0 saturated heterocycles. The molecule has 0 unspecified atom stereocenters. The van der Waals surface area contributed by atoms with Crippen molar-refractivity contribution in [2.24, 2.45) is 0 Å². The van der Waals surface area contributed by atoms with Crippen LogP contribution in [0.3, 0.4) is 0 Å². The van der Waals surface area contributed by atoms with Crippen LogP contribution in [-0.2, 0) is 9.47 Å². The van der Waals surface area contributed by atoms with E-state index in [0.29, 0.717) is 33.0 Å². The van der Waals surface area contributed by atoms with Gasteiger partial charge < -0.3 is 24.4 Å². The number of phenols is 1. The molecule has 0 aliphatic rings. The summed E-state index contributed by atoms with van der Waals surface area (Å²) >= 11 is 0. The first-order valence-corrected chi connectivity index (χ1v) is 6.93. The average molecular weight is 292 g/mol. The van der Waals surface area contributed by atoms with Crippen molar-refractivity contribution < 1.29 is 24.4 Å². The highest BCUT2D eigenvalue weighted by molar-refractivity contribution is 5.92. The van der Waals surface area contributed by atoms with Gasteiger partial charge in [0.1, 0.15) is 18.1 Å². The van der Waals surface area contributed by atoms with Gasteiger partial charge in [0.25, 0.3) is 0 Å². The molecule has 5 nitrogen and oxygen atoms in total. The van der Waals surface area contributed by atoms with Crippen LogP contribution in [-0.4, -0.2) is 49.9 Å². The number of rotatable bonds is 9. The maximum absolute atomic E-state index is 9.80. The molecule has 2 rings (SSSR count). The van der Waals surface area contributed by atoms with Gasteiger partial charge in [-0.1, -0.05) is 24.3 Å². The minimum Gasteiger partial charge on any atom is -0.507 e. The summed E-state index contributed by atoms with van der Waals surface area (Å²) in [4.78, 5) is 0. The fraction of sp³-hybridized carbons (Fsp3) is 0.375. The zero-order valence-corrected chi connectivity index (χ0v) is 11.8. The van der Waals surface area contributed by atoms with E-state index in [1.54, 1.807) is 12.1 Å². The molecule has 2 N–H and O–H groups in total. The number of aromatic hydroxyl groups is 1. The summed E-state index contributed by atoms with van der Waals surface area (Å²) in [5.74, 6) is 0.971. The van der Waals surface area contributed by atoms with Crippen molar-refractivity contribution in [3.8, 4) is 11.5 Å². The maximum atomic E-state index is 9.80. The Balaban J connectivity index is 1.78. The van der Waals surface area contributed by atoms with Crippen molar-refractivity contribution in [1.82, 2.24) is 0 Å². The molecule has 0 radical (unpaired) electrons. The van der Waals surface area contributed by atoms with E-state index in [9.17, 15) is 5.11 Å². The predicted octanol–water partition coefficient (Wildman–Crippen LogP) is 1.95. The van der Waals surface area contributed by atoms with E-state index in [1.807, 2.05) is 24.3 Å². The lowest BCUT2D eigenvalue weighted by molar-refractivity contribution is 0.0248. The van der Waals surface area contributed by atoms with E-state index in [0.717, 1.165) is 16.5 Å². The molecule has 0 fully saturated rings. The van der Waals surface area contributed by atoms with Crippen molar-refractivity contribution in [2.75, 3.05) is 39.6 Å². The Kier molecular flexibility index (Phi) is 6.27. The van der Waals surface area contributed by atoms with Crippen molar-refractivity contribution in [2.45, 2.75) is 0 Å². The van der Waals surface area contributed by atoms with Crippen LogP contribution in [0.2, 0.25) is 0 Å². The summed E-state index contributed by atoms with van der Waals surface area (Å²) in [5, 5.41) is 20.0. The Morgan fingerprint density at radius 3 is 2.19 bits per heavy atom. The van der Waals surface area contributed by atoms with Crippen LogP contribution in [0.1, 0.15) is 0 Å². The third-order valence-electron chi connectivity index (χ3n) is 2.95. The van der Waals surface area contributed by atoms with Gasteiger partial charge in [-0.3, -0.25) is 0 Å². The first-order chi connectivity index (χ1) is 10.3. The Bertz CT molecular complexity index is 555. The second-order valence-electron chi connectivity index (χ2n) is 4.43. The summed E-state index contributed by atoms with van der Waals surface area (Å²) in [5.41, 5.74) is 0. The summed E-state index contributed by atoms with van der Waals surface area (Å²) < 4.78 is 16.1. The number of ether oxygens (including phenoxy) is 3. The number of fused-ring (bicyclic) bond motifs is 1. The SMILES string of the molecule is OCCOCCOCCOc1ccc(O)c2ccccc12. The Hall–Kier alpha value is -1.82. The third kappa shape index (κ3) is 4.60. The van der Waals surface area contributed by atoms with Crippen molar-refractivity contribution in [3.63, 3.8) is 0 Å². The lowest BCUT2D eigenvalue weighted by atomic mass is 10.1. The second kappa shape index (κ2) is 8.46. The average Bonchev–Trinajstić information content (AvgIpc) is 2.52. The molecule has 0 atom stereocenters. The van der Waals surface area contributed by atoms with Crippen LogP contribution in [0.25, 0.3) is 10.8 Å². The van der Waals surface area contributed by atoms with E-state index in [1.165, 1.54) is 0 Å². The molecule has 21 heavy (non-hydrogen) atoms.